The number of anilines is 1. The number of pyridine rings is 1. The molecule has 0 spiro atoms. The summed E-state index contributed by atoms with van der Waals surface area (Å²) in [5, 5.41) is 9.25. The van der Waals surface area contributed by atoms with Crippen LogP contribution in [0.25, 0.3) is 0 Å². The van der Waals surface area contributed by atoms with Crippen LogP contribution in [0.5, 0.6) is 5.75 Å². The second kappa shape index (κ2) is 10.6. The van der Waals surface area contributed by atoms with Crippen molar-refractivity contribution in [2.24, 2.45) is 5.92 Å². The van der Waals surface area contributed by atoms with Gasteiger partial charge in [-0.2, -0.15) is 8.42 Å². The molecule has 212 valence electrons. The van der Waals surface area contributed by atoms with Crippen LogP contribution in [0.4, 0.5) is 14.6 Å². The number of amides is 1. The molecule has 2 heterocycles. The number of aryl methyl sites for hydroxylation is 1. The van der Waals surface area contributed by atoms with Gasteiger partial charge in [0.2, 0.25) is 5.92 Å². The fourth-order valence-corrected chi connectivity index (χ4v) is 6.54. The van der Waals surface area contributed by atoms with Crippen LogP contribution in [0.3, 0.4) is 0 Å². The van der Waals surface area contributed by atoms with Crippen LogP contribution in [-0.2, 0) is 14.8 Å². The minimum Gasteiger partial charge on any atom is -0.477 e. The van der Waals surface area contributed by atoms with Crippen LogP contribution in [0, 0.1) is 12.8 Å². The lowest BCUT2D eigenvalue weighted by Gasteiger charge is -2.32. The smallest absolute Gasteiger partial charge is 0.281 e. The van der Waals surface area contributed by atoms with Gasteiger partial charge in [-0.1, -0.05) is 18.2 Å². The lowest BCUT2D eigenvalue weighted by Crippen LogP contribution is -2.44. The van der Waals surface area contributed by atoms with Gasteiger partial charge >= 0.3 is 0 Å². The molecule has 2 saturated carbocycles. The Labute approximate surface area is 227 Å². The van der Waals surface area contributed by atoms with E-state index in [0.29, 0.717) is 50.3 Å². The third-order valence-corrected chi connectivity index (χ3v) is 9.29. The number of halogens is 2. The van der Waals surface area contributed by atoms with E-state index in [1.165, 1.54) is 6.07 Å². The summed E-state index contributed by atoms with van der Waals surface area (Å²) in [5.41, 5.74) is 0.323. The Hall–Kier alpha value is -2.79. The average molecular weight is 564 g/mol. The van der Waals surface area contributed by atoms with Gasteiger partial charge in [0, 0.05) is 45.4 Å². The highest BCUT2D eigenvalue weighted by Gasteiger charge is 2.54. The standard InChI is InChI=1S/C28H35F2N3O5S/c1-19-7-8-22(21-9-11-28(29,30)12-10-21)23(16-19)38-27(13-14-27)26(35)32-39(36,37)25-6-2-5-24(31-25)33-15-3-4-20(17-33)18-34/h2,5-8,16,20-21,34H,3-4,9-15,17-18H2,1H3,(H,32,35)/t20-/m1/s1. The van der Waals surface area contributed by atoms with Gasteiger partial charge in [-0.25, -0.2) is 18.5 Å². The lowest BCUT2D eigenvalue weighted by atomic mass is 9.81. The van der Waals surface area contributed by atoms with Gasteiger partial charge < -0.3 is 14.7 Å². The summed E-state index contributed by atoms with van der Waals surface area (Å²) >= 11 is 0. The van der Waals surface area contributed by atoms with Crippen molar-refractivity contribution in [1.29, 1.82) is 0 Å². The third-order valence-electron chi connectivity index (χ3n) is 8.06. The first-order valence-electron chi connectivity index (χ1n) is 13.6. The normalized spacial score (nSPS) is 22.8. The molecule has 11 heteroatoms. The molecule has 1 aromatic carbocycles. The molecule has 5 rings (SSSR count). The second-order valence-electron chi connectivity index (χ2n) is 11.2. The van der Waals surface area contributed by atoms with Crippen molar-refractivity contribution >= 4 is 21.7 Å². The molecule has 2 aromatic rings. The Bertz CT molecular complexity index is 1320. The van der Waals surface area contributed by atoms with E-state index in [-0.39, 0.29) is 36.3 Å². The van der Waals surface area contributed by atoms with E-state index in [1.54, 1.807) is 18.2 Å². The number of alkyl halides is 2. The number of aliphatic hydroxyl groups excluding tert-OH is 1. The van der Waals surface area contributed by atoms with Crippen LogP contribution in [-0.4, -0.2) is 55.6 Å². The number of carbonyl (C=O) groups is 1. The first-order chi connectivity index (χ1) is 18.5. The number of hydrogen-bond acceptors (Lipinski definition) is 7. The van der Waals surface area contributed by atoms with E-state index in [9.17, 15) is 27.1 Å². The zero-order valence-electron chi connectivity index (χ0n) is 22.0. The van der Waals surface area contributed by atoms with Crippen LogP contribution in [0.1, 0.15) is 68.4 Å². The maximum Gasteiger partial charge on any atom is 0.281 e. The highest BCUT2D eigenvalue weighted by Crippen LogP contribution is 2.47. The molecule has 3 aliphatic rings. The quantitative estimate of drug-likeness (QED) is 0.493. The lowest BCUT2D eigenvalue weighted by molar-refractivity contribution is -0.128. The number of nitrogens with zero attached hydrogens (tertiary/aromatic N) is 2. The summed E-state index contributed by atoms with van der Waals surface area (Å²) in [5.74, 6) is -2.52. The number of aliphatic hydroxyl groups is 1. The number of carbonyl (C=O) groups excluding carboxylic acids is 1. The molecule has 3 fully saturated rings. The summed E-state index contributed by atoms with van der Waals surface area (Å²) in [6.07, 6.45) is 2.69. The minimum atomic E-state index is -4.28. The number of aromatic nitrogens is 1. The van der Waals surface area contributed by atoms with Crippen molar-refractivity contribution in [3.05, 3.63) is 47.5 Å². The Morgan fingerprint density at radius 1 is 1.15 bits per heavy atom. The van der Waals surface area contributed by atoms with Crippen molar-refractivity contribution in [3.63, 3.8) is 0 Å². The number of sulfonamides is 1. The largest absolute Gasteiger partial charge is 0.477 e. The van der Waals surface area contributed by atoms with Gasteiger partial charge in [-0.15, -0.1) is 0 Å². The van der Waals surface area contributed by atoms with Crippen LogP contribution in [0.15, 0.2) is 41.4 Å². The van der Waals surface area contributed by atoms with E-state index in [0.717, 1.165) is 24.0 Å². The molecule has 8 nitrogen and oxygen atoms in total. The Balaban J connectivity index is 1.31. The molecule has 2 N–H and O–H groups in total. The van der Waals surface area contributed by atoms with Crippen LogP contribution in [0.2, 0.25) is 0 Å². The zero-order valence-corrected chi connectivity index (χ0v) is 22.9. The summed E-state index contributed by atoms with van der Waals surface area (Å²) in [6.45, 7) is 3.21. The van der Waals surface area contributed by atoms with Gasteiger partial charge in [0.15, 0.2) is 10.6 Å². The molecular weight excluding hydrogens is 528 g/mol. The zero-order chi connectivity index (χ0) is 27.8. The van der Waals surface area contributed by atoms with Gasteiger partial charge in [0.25, 0.3) is 15.9 Å². The second-order valence-corrected chi connectivity index (χ2v) is 12.8. The Morgan fingerprint density at radius 3 is 2.59 bits per heavy atom. The van der Waals surface area contributed by atoms with Gasteiger partial charge in [0.1, 0.15) is 11.6 Å². The fourth-order valence-electron chi connectivity index (χ4n) is 5.54. The predicted octanol–water partition coefficient (Wildman–Crippen LogP) is 4.31. The topological polar surface area (TPSA) is 109 Å². The predicted molar refractivity (Wildman–Crippen MR) is 142 cm³/mol. The van der Waals surface area contributed by atoms with Gasteiger partial charge in [0.05, 0.1) is 0 Å². The molecule has 0 radical (unpaired) electrons. The molecule has 1 amide bonds. The number of nitrogens with one attached hydrogen (secondary N) is 1. The number of benzene rings is 1. The van der Waals surface area contributed by atoms with E-state index in [2.05, 4.69) is 9.71 Å². The number of rotatable bonds is 8. The summed E-state index contributed by atoms with van der Waals surface area (Å²) < 4.78 is 62.2. The maximum absolute atomic E-state index is 13.7. The van der Waals surface area contributed by atoms with E-state index in [1.807, 2.05) is 24.0 Å². The average Bonchev–Trinajstić information content (AvgIpc) is 3.70. The summed E-state index contributed by atoms with van der Waals surface area (Å²) in [7, 11) is -4.28. The van der Waals surface area contributed by atoms with Gasteiger partial charge in [-0.3, -0.25) is 4.79 Å². The molecule has 2 aliphatic carbocycles. The molecular formula is C28H35F2N3O5S. The number of hydrogen-bond donors (Lipinski definition) is 2. The van der Waals surface area contributed by atoms with Crippen molar-refractivity contribution < 1.29 is 31.8 Å². The highest BCUT2D eigenvalue weighted by atomic mass is 32.2. The number of piperidine rings is 1. The molecule has 0 bridgehead atoms. The summed E-state index contributed by atoms with van der Waals surface area (Å²) in [6, 6.07) is 10.2. The fraction of sp³-hybridized carbons (Fsp3) is 0.571. The van der Waals surface area contributed by atoms with Crippen LogP contribution < -0.4 is 14.4 Å². The summed E-state index contributed by atoms with van der Waals surface area (Å²) in [4.78, 5) is 19.5. The first kappa shape index (κ1) is 27.8. The third kappa shape index (κ3) is 6.19. The molecule has 39 heavy (non-hydrogen) atoms. The molecule has 1 aromatic heterocycles. The molecule has 1 saturated heterocycles. The van der Waals surface area contributed by atoms with Crippen molar-refractivity contribution in [2.75, 3.05) is 24.6 Å². The maximum atomic E-state index is 13.7. The van der Waals surface area contributed by atoms with E-state index >= 15 is 0 Å². The number of ether oxygens (including phenoxy) is 1. The van der Waals surface area contributed by atoms with E-state index in [4.69, 9.17) is 4.74 Å². The Morgan fingerprint density at radius 2 is 1.90 bits per heavy atom. The van der Waals surface area contributed by atoms with Crippen molar-refractivity contribution in [1.82, 2.24) is 9.71 Å². The highest BCUT2D eigenvalue weighted by molar-refractivity contribution is 7.90. The molecule has 0 unspecified atom stereocenters. The molecule has 1 aliphatic heterocycles. The van der Waals surface area contributed by atoms with Crippen LogP contribution >= 0.6 is 0 Å². The molecule has 1 atom stereocenters. The van der Waals surface area contributed by atoms with E-state index < -0.39 is 27.5 Å². The SMILES string of the molecule is Cc1ccc(C2CCC(F)(F)CC2)c(OC2(C(=O)NS(=O)(=O)c3cccc(N4CCC[C@@H](CO)C4)n3)CC2)c1. The minimum absolute atomic E-state index is 0.0580. The van der Waals surface area contributed by atoms with Crippen molar-refractivity contribution in [2.45, 2.75) is 80.8 Å². The monoisotopic (exact) mass is 563 g/mol. The van der Waals surface area contributed by atoms with Crippen molar-refractivity contribution in [3.8, 4) is 5.75 Å². The van der Waals surface area contributed by atoms with Gasteiger partial charge in [-0.05, 0) is 73.8 Å². The first-order valence-corrected chi connectivity index (χ1v) is 15.1. The Kier molecular flexibility index (Phi) is 7.58.